The smallest absolute Gasteiger partial charge is 0.326 e. The zero-order valence-corrected chi connectivity index (χ0v) is 25.1. The number of benzene rings is 2. The number of hydrogen-bond donors (Lipinski definition) is 5. The van der Waals surface area contributed by atoms with Crippen LogP contribution < -0.4 is 26.0 Å². The first-order chi connectivity index (χ1) is 19.9. The molecule has 0 saturated heterocycles. The SMILES string of the molecule is COc1cc(CC(=O)NC(CC(C)C)c2cc(CC(NC(C)=O)C(=O)O)ns2)ccc1NC(=O)Nc1ccccc1C. The summed E-state index contributed by atoms with van der Waals surface area (Å²) in [5, 5.41) is 20.5. The number of nitrogens with zero attached hydrogens (tertiary/aromatic N) is 1. The third-order valence-electron chi connectivity index (χ3n) is 6.32. The molecule has 0 saturated carbocycles. The second-order valence-corrected chi connectivity index (χ2v) is 11.2. The number of methoxy groups -OCH3 is 1. The molecule has 11 nitrogen and oxygen atoms in total. The molecule has 4 amide bonds. The van der Waals surface area contributed by atoms with Crippen LogP contribution in [0.25, 0.3) is 0 Å². The summed E-state index contributed by atoms with van der Waals surface area (Å²) < 4.78 is 9.84. The van der Waals surface area contributed by atoms with Gasteiger partial charge in [0.05, 0.1) is 31.0 Å². The van der Waals surface area contributed by atoms with Gasteiger partial charge in [-0.1, -0.05) is 38.1 Å². The number of para-hydroxylation sites is 1. The van der Waals surface area contributed by atoms with Gasteiger partial charge in [-0.3, -0.25) is 9.59 Å². The van der Waals surface area contributed by atoms with Gasteiger partial charge in [0, 0.05) is 23.9 Å². The minimum Gasteiger partial charge on any atom is -0.495 e. The standard InChI is InChI=1S/C30H37N5O6S/c1-17(2)12-24(27-16-21(35-42-27)15-25(29(38)39)31-19(4)36)32-28(37)14-20-10-11-23(26(13-20)41-5)34-30(40)33-22-9-7-6-8-18(22)3/h6-11,13,16-17,24-25H,12,14-15H2,1-5H3,(H,31,36)(H,32,37)(H,38,39)(H2,33,34,40). The van der Waals surface area contributed by atoms with Gasteiger partial charge in [-0.15, -0.1) is 0 Å². The number of urea groups is 1. The van der Waals surface area contributed by atoms with Crippen LogP contribution in [0.1, 0.15) is 54.9 Å². The molecule has 0 aliphatic heterocycles. The van der Waals surface area contributed by atoms with Crippen LogP contribution in [0.5, 0.6) is 5.75 Å². The number of aryl methyl sites for hydroxylation is 1. The zero-order chi connectivity index (χ0) is 30.8. The van der Waals surface area contributed by atoms with Crippen LogP contribution in [0.4, 0.5) is 16.2 Å². The normalized spacial score (nSPS) is 12.2. The van der Waals surface area contributed by atoms with Crippen molar-refractivity contribution in [2.45, 2.75) is 59.0 Å². The highest BCUT2D eigenvalue weighted by Crippen LogP contribution is 2.28. The molecule has 1 aromatic heterocycles. The number of carboxylic acids is 1. The Kier molecular flexibility index (Phi) is 11.4. The van der Waals surface area contributed by atoms with Crippen LogP contribution >= 0.6 is 11.5 Å². The maximum atomic E-state index is 13.1. The van der Waals surface area contributed by atoms with E-state index in [4.69, 9.17) is 4.74 Å². The monoisotopic (exact) mass is 595 g/mol. The number of anilines is 2. The van der Waals surface area contributed by atoms with Crippen molar-refractivity contribution in [2.24, 2.45) is 5.92 Å². The van der Waals surface area contributed by atoms with Crippen molar-refractivity contribution in [1.82, 2.24) is 15.0 Å². The molecular formula is C30H37N5O6S. The first-order valence-corrected chi connectivity index (χ1v) is 14.3. The summed E-state index contributed by atoms with van der Waals surface area (Å²) >= 11 is 1.20. The van der Waals surface area contributed by atoms with Crippen molar-refractivity contribution in [1.29, 1.82) is 0 Å². The van der Waals surface area contributed by atoms with Gasteiger partial charge >= 0.3 is 12.0 Å². The Morgan fingerprint density at radius 3 is 2.36 bits per heavy atom. The lowest BCUT2D eigenvalue weighted by atomic mass is 10.0. The summed E-state index contributed by atoms with van der Waals surface area (Å²) in [7, 11) is 1.49. The molecule has 2 atom stereocenters. The van der Waals surface area contributed by atoms with E-state index in [-0.39, 0.29) is 30.7 Å². The number of nitrogens with one attached hydrogen (secondary N) is 4. The number of hydrogen-bond acceptors (Lipinski definition) is 7. The molecule has 0 aliphatic rings. The molecule has 3 rings (SSSR count). The Hall–Kier alpha value is -4.45. The zero-order valence-electron chi connectivity index (χ0n) is 24.3. The lowest BCUT2D eigenvalue weighted by Gasteiger charge is -2.19. The van der Waals surface area contributed by atoms with E-state index in [1.54, 1.807) is 24.3 Å². The van der Waals surface area contributed by atoms with E-state index in [9.17, 15) is 24.3 Å². The number of aromatic nitrogens is 1. The number of rotatable bonds is 13. The molecule has 0 spiro atoms. The molecule has 224 valence electrons. The van der Waals surface area contributed by atoms with Crippen LogP contribution in [-0.2, 0) is 27.2 Å². The molecule has 2 unspecified atom stereocenters. The van der Waals surface area contributed by atoms with E-state index in [0.29, 0.717) is 34.8 Å². The molecule has 3 aromatic rings. The molecule has 1 heterocycles. The number of ether oxygens (including phenoxy) is 1. The van der Waals surface area contributed by atoms with Crippen LogP contribution in [0.2, 0.25) is 0 Å². The van der Waals surface area contributed by atoms with E-state index in [1.165, 1.54) is 25.6 Å². The highest BCUT2D eigenvalue weighted by atomic mass is 32.1. The molecular weight excluding hydrogens is 558 g/mol. The summed E-state index contributed by atoms with van der Waals surface area (Å²) in [6, 6.07) is 12.5. The number of amides is 4. The number of carbonyl (C=O) groups excluding carboxylic acids is 3. The van der Waals surface area contributed by atoms with E-state index in [0.717, 1.165) is 10.4 Å². The Morgan fingerprint density at radius 1 is 1.00 bits per heavy atom. The fourth-order valence-electron chi connectivity index (χ4n) is 4.33. The summed E-state index contributed by atoms with van der Waals surface area (Å²) in [6.45, 7) is 7.26. The predicted octanol–water partition coefficient (Wildman–Crippen LogP) is 4.68. The molecule has 0 fully saturated rings. The Bertz CT molecular complexity index is 1420. The van der Waals surface area contributed by atoms with Crippen molar-refractivity contribution in [3.8, 4) is 5.75 Å². The van der Waals surface area contributed by atoms with Gasteiger partial charge in [0.2, 0.25) is 11.8 Å². The first-order valence-electron chi connectivity index (χ1n) is 13.5. The van der Waals surface area contributed by atoms with Crippen LogP contribution in [0, 0.1) is 12.8 Å². The number of carbonyl (C=O) groups is 4. The number of carboxylic acid groups (broad SMARTS) is 1. The average molecular weight is 596 g/mol. The van der Waals surface area contributed by atoms with Gasteiger partial charge in [-0.05, 0) is 66.2 Å². The molecule has 0 aliphatic carbocycles. The second kappa shape index (κ2) is 15.0. The molecule has 12 heteroatoms. The predicted molar refractivity (Wildman–Crippen MR) is 162 cm³/mol. The van der Waals surface area contributed by atoms with Gasteiger partial charge in [0.15, 0.2) is 0 Å². The molecule has 0 radical (unpaired) electrons. The maximum absolute atomic E-state index is 13.1. The minimum absolute atomic E-state index is 0.0386. The lowest BCUT2D eigenvalue weighted by molar-refractivity contribution is -0.141. The largest absolute Gasteiger partial charge is 0.495 e. The van der Waals surface area contributed by atoms with Gasteiger partial charge in [-0.2, -0.15) is 4.37 Å². The van der Waals surface area contributed by atoms with Crippen molar-refractivity contribution in [3.63, 3.8) is 0 Å². The third kappa shape index (κ3) is 9.58. The first kappa shape index (κ1) is 32.1. The molecule has 5 N–H and O–H groups in total. The maximum Gasteiger partial charge on any atom is 0.326 e. The minimum atomic E-state index is -1.14. The lowest BCUT2D eigenvalue weighted by Crippen LogP contribution is -2.41. The highest BCUT2D eigenvalue weighted by Gasteiger charge is 2.23. The van der Waals surface area contributed by atoms with E-state index >= 15 is 0 Å². The van der Waals surface area contributed by atoms with E-state index < -0.39 is 23.9 Å². The summed E-state index contributed by atoms with van der Waals surface area (Å²) in [6.07, 6.45) is 0.774. The summed E-state index contributed by atoms with van der Waals surface area (Å²) in [4.78, 5) is 49.3. The van der Waals surface area contributed by atoms with Crippen molar-refractivity contribution in [2.75, 3.05) is 17.7 Å². The van der Waals surface area contributed by atoms with Gasteiger partial charge in [0.25, 0.3) is 0 Å². The summed E-state index contributed by atoms with van der Waals surface area (Å²) in [5.74, 6) is -1.11. The van der Waals surface area contributed by atoms with Crippen LogP contribution in [0.3, 0.4) is 0 Å². The fraction of sp³-hybridized carbons (Fsp3) is 0.367. The molecule has 42 heavy (non-hydrogen) atoms. The fourth-order valence-corrected chi connectivity index (χ4v) is 5.15. The topological polar surface area (TPSA) is 159 Å². The summed E-state index contributed by atoms with van der Waals surface area (Å²) in [5.41, 5.74) is 3.31. The second-order valence-electron chi connectivity index (χ2n) is 10.4. The van der Waals surface area contributed by atoms with Crippen LogP contribution in [-0.4, -0.2) is 46.4 Å². The van der Waals surface area contributed by atoms with Crippen LogP contribution in [0.15, 0.2) is 48.5 Å². The number of aliphatic carboxylic acids is 1. The Balaban J connectivity index is 1.67. The van der Waals surface area contributed by atoms with Gasteiger partial charge < -0.3 is 31.1 Å². The van der Waals surface area contributed by atoms with Gasteiger partial charge in [-0.25, -0.2) is 9.59 Å². The molecule has 2 aromatic carbocycles. The Labute approximate surface area is 249 Å². The van der Waals surface area contributed by atoms with Crippen molar-refractivity contribution < 1.29 is 29.0 Å². The van der Waals surface area contributed by atoms with Gasteiger partial charge in [0.1, 0.15) is 11.8 Å². The van der Waals surface area contributed by atoms with E-state index in [2.05, 4.69) is 25.6 Å². The Morgan fingerprint density at radius 2 is 1.71 bits per heavy atom. The van der Waals surface area contributed by atoms with Crippen molar-refractivity contribution in [3.05, 3.63) is 70.2 Å². The molecule has 0 bridgehead atoms. The third-order valence-corrected chi connectivity index (χ3v) is 7.26. The highest BCUT2D eigenvalue weighted by molar-refractivity contribution is 7.05. The van der Waals surface area contributed by atoms with E-state index in [1.807, 2.05) is 45.0 Å². The van der Waals surface area contributed by atoms with Crippen molar-refractivity contribution >= 4 is 46.7 Å². The quantitative estimate of drug-likeness (QED) is 0.192. The average Bonchev–Trinajstić information content (AvgIpc) is 3.38.